The molecule has 1 unspecified atom stereocenters. The van der Waals surface area contributed by atoms with Gasteiger partial charge in [0.1, 0.15) is 0 Å². The minimum absolute atomic E-state index is 0. The number of unbranched alkanes of at least 4 members (excludes halogenated alkanes) is 1. The van der Waals surface area contributed by atoms with Gasteiger partial charge in [-0.15, -0.1) is 0 Å². The Balaban J connectivity index is 0. The van der Waals surface area contributed by atoms with Crippen LogP contribution in [0.5, 0.6) is 0 Å². The van der Waals surface area contributed by atoms with Gasteiger partial charge < -0.3 is 37.2 Å². The van der Waals surface area contributed by atoms with Crippen LogP contribution in [0.4, 0.5) is 0 Å². The maximum Gasteiger partial charge on any atom is -1.00 e. The zero-order chi connectivity index (χ0) is 19.0. The molecule has 0 N–H and O–H groups in total. The largest absolute Gasteiger partial charge is 1.00 e. The van der Waals surface area contributed by atoms with Crippen molar-refractivity contribution in [3.8, 4) is 0 Å². The van der Waals surface area contributed by atoms with Gasteiger partial charge in [0, 0.05) is 0 Å². The van der Waals surface area contributed by atoms with Gasteiger partial charge in [-0.25, -0.2) is 0 Å². The van der Waals surface area contributed by atoms with Crippen LogP contribution >= 0.6 is 0 Å². The zero-order valence-electron chi connectivity index (χ0n) is 18.7. The molecule has 1 aliphatic carbocycles. The van der Waals surface area contributed by atoms with Crippen molar-refractivity contribution < 1.29 is 57.7 Å². The normalized spacial score (nSPS) is 15.9. The third-order valence-electron chi connectivity index (χ3n) is 5.70. The van der Waals surface area contributed by atoms with Crippen LogP contribution in [0.1, 0.15) is 63.6 Å². The predicted octanol–water partition coefficient (Wildman–Crippen LogP) is -2.57. The Labute approximate surface area is 205 Å². The molecule has 0 aromatic heterocycles. The smallest absolute Gasteiger partial charge is 1.00 e. The van der Waals surface area contributed by atoms with Gasteiger partial charge in [0.15, 0.2) is 0 Å². The first-order valence-corrected chi connectivity index (χ1v) is 13.3. The van der Waals surface area contributed by atoms with E-state index in [1.54, 1.807) is 19.8 Å². The average Bonchev–Trinajstić information content (AvgIpc) is 2.86. The van der Waals surface area contributed by atoms with Crippen molar-refractivity contribution in [2.24, 2.45) is 5.41 Å². The summed E-state index contributed by atoms with van der Waals surface area (Å²) in [6.45, 7) is 19.1. The molecule has 1 aromatic carbocycles. The van der Waals surface area contributed by atoms with Crippen molar-refractivity contribution in [3.05, 3.63) is 49.5 Å². The van der Waals surface area contributed by atoms with Gasteiger partial charge in [0.25, 0.3) is 0 Å². The molecule has 0 saturated carbocycles. The standard InChI is InChI=1S/C23H35Si.3ClH.Ti/c1-9-10-14-24(8,21-13-11-12-20(21)23(5,6)7)22-18(3)15-17(2)16-19(22)4;;;;/h12,15-16H,9-11,14H2,1-8H3;3*1H;/q;;;;+3/p-3. The van der Waals surface area contributed by atoms with Crippen molar-refractivity contribution in [2.45, 2.75) is 80.3 Å². The summed E-state index contributed by atoms with van der Waals surface area (Å²) < 4.78 is 1.63. The van der Waals surface area contributed by atoms with Crippen LogP contribution in [0, 0.1) is 26.2 Å². The molecule has 0 amide bonds. The van der Waals surface area contributed by atoms with Gasteiger partial charge in [-0.1, -0.05) is 0 Å². The molecule has 0 bridgehead atoms. The third-order valence-corrected chi connectivity index (χ3v) is 11.7. The topological polar surface area (TPSA) is 0 Å². The van der Waals surface area contributed by atoms with E-state index in [9.17, 15) is 0 Å². The molecule has 0 heterocycles. The summed E-state index contributed by atoms with van der Waals surface area (Å²) in [5.74, 6) is 0. The van der Waals surface area contributed by atoms with Crippen LogP contribution in [0.25, 0.3) is 0 Å². The van der Waals surface area contributed by atoms with Crippen molar-refractivity contribution in [1.82, 2.24) is 0 Å². The number of rotatable bonds is 5. The van der Waals surface area contributed by atoms with E-state index >= 15 is 0 Å². The van der Waals surface area contributed by atoms with E-state index in [0.717, 1.165) is 6.42 Å². The summed E-state index contributed by atoms with van der Waals surface area (Å²) in [5.41, 5.74) is 6.30. The number of hydrogen-bond donors (Lipinski definition) is 0. The summed E-state index contributed by atoms with van der Waals surface area (Å²) in [7, 11) is -1.75. The molecule has 0 saturated heterocycles. The molecule has 28 heavy (non-hydrogen) atoms. The SMILES string of the molecule is CCCC[Si](C)(C1=[C]([Ti+3])CC=C1C(C)(C)C)c1c(C)cc(C)cc1C.[Cl-].[Cl-].[Cl-]. The van der Waals surface area contributed by atoms with Gasteiger partial charge in [-0.2, -0.15) is 0 Å². The Hall–Kier alpha value is 0.501. The van der Waals surface area contributed by atoms with Crippen molar-refractivity contribution >= 4 is 13.3 Å². The zero-order valence-corrected chi connectivity index (χ0v) is 23.5. The molecule has 156 valence electrons. The Morgan fingerprint density at radius 2 is 1.50 bits per heavy atom. The average molecular weight is 494 g/mol. The van der Waals surface area contributed by atoms with E-state index in [1.807, 2.05) is 0 Å². The van der Waals surface area contributed by atoms with Gasteiger partial charge in [-0.05, 0) is 0 Å². The predicted molar refractivity (Wildman–Crippen MR) is 111 cm³/mol. The Bertz CT molecular complexity index is 709. The molecule has 2 rings (SSSR count). The van der Waals surface area contributed by atoms with Crippen LogP contribution in [0.2, 0.25) is 12.6 Å². The maximum atomic E-state index is 2.65. The summed E-state index contributed by atoms with van der Waals surface area (Å²) >= 11 is 2.39. The van der Waals surface area contributed by atoms with Gasteiger partial charge in [-0.3, -0.25) is 0 Å². The third kappa shape index (κ3) is 6.25. The number of halogens is 3. The fourth-order valence-electron chi connectivity index (χ4n) is 4.84. The van der Waals surface area contributed by atoms with E-state index < -0.39 is 8.07 Å². The molecule has 1 atom stereocenters. The molecule has 5 heteroatoms. The molecule has 0 nitrogen and oxygen atoms in total. The second-order valence-electron chi connectivity index (χ2n) is 9.13. The van der Waals surface area contributed by atoms with Crippen molar-refractivity contribution in [3.63, 3.8) is 0 Å². The molecule has 0 fully saturated rings. The first-order valence-electron chi connectivity index (χ1n) is 9.77. The van der Waals surface area contributed by atoms with Crippen LogP contribution < -0.4 is 42.4 Å². The molecular formula is C23H35Cl3SiTi. The first-order chi connectivity index (χ1) is 11.5. The molecule has 0 aliphatic heterocycles. The summed E-state index contributed by atoms with van der Waals surface area (Å²) in [6, 6.07) is 6.18. The second-order valence-corrected chi connectivity index (χ2v) is 14.2. The van der Waals surface area contributed by atoms with Gasteiger partial charge in [0.2, 0.25) is 0 Å². The van der Waals surface area contributed by atoms with E-state index in [0.29, 0.717) is 0 Å². The fraction of sp³-hybridized carbons (Fsp3) is 0.565. The number of hydrogen-bond acceptors (Lipinski definition) is 0. The molecule has 1 aliphatic rings. The molecule has 0 radical (unpaired) electrons. The minimum Gasteiger partial charge on any atom is -1.00 e. The van der Waals surface area contributed by atoms with E-state index in [-0.39, 0.29) is 42.6 Å². The first kappa shape index (κ1) is 30.7. The van der Waals surface area contributed by atoms with Crippen molar-refractivity contribution in [1.29, 1.82) is 0 Å². The van der Waals surface area contributed by atoms with Crippen LogP contribution in [0.3, 0.4) is 0 Å². The van der Waals surface area contributed by atoms with Crippen LogP contribution in [-0.4, -0.2) is 8.07 Å². The second kappa shape index (κ2) is 11.8. The number of aryl methyl sites for hydroxylation is 3. The van der Waals surface area contributed by atoms with Crippen LogP contribution in [-0.2, 0) is 20.4 Å². The molecule has 0 spiro atoms. The van der Waals surface area contributed by atoms with E-state index in [1.165, 1.54) is 35.6 Å². The summed E-state index contributed by atoms with van der Waals surface area (Å²) in [6.07, 6.45) is 6.30. The Morgan fingerprint density at radius 3 is 1.93 bits per heavy atom. The molecule has 1 aromatic rings. The summed E-state index contributed by atoms with van der Waals surface area (Å²) in [4.78, 5) is 0. The van der Waals surface area contributed by atoms with E-state index in [2.05, 4.69) is 93.7 Å². The van der Waals surface area contributed by atoms with E-state index in [4.69, 9.17) is 0 Å². The van der Waals surface area contributed by atoms with Gasteiger partial charge >= 0.3 is 169 Å². The number of allylic oxidation sites excluding steroid dienone is 4. The van der Waals surface area contributed by atoms with Crippen LogP contribution in [0.15, 0.2) is 32.9 Å². The number of benzene rings is 1. The monoisotopic (exact) mass is 492 g/mol. The van der Waals surface area contributed by atoms with Gasteiger partial charge in [0.05, 0.1) is 0 Å². The Morgan fingerprint density at radius 1 is 1.00 bits per heavy atom. The maximum absolute atomic E-state index is 2.65. The quantitative estimate of drug-likeness (QED) is 0.396. The van der Waals surface area contributed by atoms with Crippen molar-refractivity contribution in [2.75, 3.05) is 0 Å². The summed E-state index contributed by atoms with van der Waals surface area (Å²) in [5, 5.41) is 3.47. The Kier molecular flexibility index (Phi) is 12.9. The minimum atomic E-state index is -1.75. The molecular weight excluding hydrogens is 459 g/mol. The fourth-order valence-corrected chi connectivity index (χ4v) is 12.0.